The van der Waals surface area contributed by atoms with Gasteiger partial charge in [0.1, 0.15) is 11.3 Å². The Hall–Kier alpha value is -2.10. The number of furan rings is 1. The summed E-state index contributed by atoms with van der Waals surface area (Å²) in [6.45, 7) is 1.95. The summed E-state index contributed by atoms with van der Waals surface area (Å²) >= 11 is 0. The van der Waals surface area contributed by atoms with E-state index >= 15 is 0 Å². The molecule has 0 spiro atoms. The van der Waals surface area contributed by atoms with Gasteiger partial charge in [0, 0.05) is 12.2 Å². The number of pyridine rings is 1. The molecule has 0 unspecified atom stereocenters. The van der Waals surface area contributed by atoms with Crippen LogP contribution in [0.2, 0.25) is 0 Å². The van der Waals surface area contributed by atoms with E-state index in [9.17, 15) is 0 Å². The average Bonchev–Trinajstić information content (AvgIpc) is 3.00. The number of fused-ring (bicyclic) bond motifs is 1. The maximum absolute atomic E-state index is 5.71. The summed E-state index contributed by atoms with van der Waals surface area (Å²) in [7, 11) is 0. The fraction of sp³-hybridized carbons (Fsp3) is 0.286. The lowest BCUT2D eigenvalue weighted by Gasteiger charge is -2.04. The molecule has 1 aliphatic carbocycles. The second kappa shape index (κ2) is 3.45. The molecule has 3 aromatic heterocycles. The van der Waals surface area contributed by atoms with E-state index in [0.29, 0.717) is 6.04 Å². The van der Waals surface area contributed by atoms with Crippen LogP contribution in [-0.4, -0.2) is 14.5 Å². The van der Waals surface area contributed by atoms with Gasteiger partial charge in [0.2, 0.25) is 0 Å². The Morgan fingerprint density at radius 1 is 1.28 bits per heavy atom. The molecule has 0 bridgehead atoms. The third-order valence-electron chi connectivity index (χ3n) is 3.32. The van der Waals surface area contributed by atoms with Crippen molar-refractivity contribution in [1.29, 1.82) is 0 Å². The highest BCUT2D eigenvalue weighted by Gasteiger charge is 2.30. The van der Waals surface area contributed by atoms with Gasteiger partial charge in [-0.05, 0) is 44.0 Å². The predicted octanol–water partition coefficient (Wildman–Crippen LogP) is 3.33. The molecule has 0 aliphatic heterocycles. The fourth-order valence-corrected chi connectivity index (χ4v) is 2.34. The first-order valence-corrected chi connectivity index (χ1v) is 6.23. The fourth-order valence-electron chi connectivity index (χ4n) is 2.34. The summed E-state index contributed by atoms with van der Waals surface area (Å²) in [5.74, 6) is 2.64. The second-order valence-corrected chi connectivity index (χ2v) is 4.79. The number of aryl methyl sites for hydroxylation is 1. The van der Waals surface area contributed by atoms with Crippen molar-refractivity contribution in [3.8, 4) is 11.6 Å². The van der Waals surface area contributed by atoms with E-state index in [1.165, 1.54) is 12.8 Å². The summed E-state index contributed by atoms with van der Waals surface area (Å²) in [5.41, 5.74) is 1.90. The molecule has 0 saturated heterocycles. The first kappa shape index (κ1) is 9.88. The number of aromatic nitrogens is 3. The molecule has 0 N–H and O–H groups in total. The minimum absolute atomic E-state index is 0.533. The third-order valence-corrected chi connectivity index (χ3v) is 3.32. The monoisotopic (exact) mass is 239 g/mol. The van der Waals surface area contributed by atoms with Gasteiger partial charge in [0.25, 0.3) is 0 Å². The van der Waals surface area contributed by atoms with Crippen LogP contribution in [0.3, 0.4) is 0 Å². The van der Waals surface area contributed by atoms with Gasteiger partial charge in [-0.25, -0.2) is 9.97 Å². The summed E-state index contributed by atoms with van der Waals surface area (Å²) in [6, 6.07) is 8.41. The lowest BCUT2D eigenvalue weighted by molar-refractivity contribution is 0.539. The van der Waals surface area contributed by atoms with Crippen LogP contribution in [0.1, 0.15) is 24.6 Å². The molecule has 1 aliphatic rings. The van der Waals surface area contributed by atoms with E-state index in [2.05, 4.69) is 14.5 Å². The summed E-state index contributed by atoms with van der Waals surface area (Å²) < 4.78 is 7.92. The van der Waals surface area contributed by atoms with Gasteiger partial charge in [-0.15, -0.1) is 0 Å². The molecule has 1 fully saturated rings. The minimum atomic E-state index is 0.533. The molecule has 4 heteroatoms. The first-order chi connectivity index (χ1) is 8.83. The van der Waals surface area contributed by atoms with Crippen molar-refractivity contribution >= 4 is 11.2 Å². The van der Waals surface area contributed by atoms with Crippen LogP contribution in [0.15, 0.2) is 34.9 Å². The van der Waals surface area contributed by atoms with E-state index in [4.69, 9.17) is 4.42 Å². The first-order valence-electron chi connectivity index (χ1n) is 6.23. The Labute approximate surface area is 104 Å². The third kappa shape index (κ3) is 1.38. The maximum Gasteiger partial charge on any atom is 0.178 e. The molecule has 4 rings (SSSR count). The lowest BCUT2D eigenvalue weighted by Crippen LogP contribution is -1.97. The van der Waals surface area contributed by atoms with Crippen LogP contribution >= 0.6 is 0 Å². The van der Waals surface area contributed by atoms with E-state index in [0.717, 1.165) is 28.5 Å². The molecular formula is C14H13N3O. The molecular weight excluding hydrogens is 226 g/mol. The van der Waals surface area contributed by atoms with E-state index < -0.39 is 0 Å². The van der Waals surface area contributed by atoms with Gasteiger partial charge < -0.3 is 8.98 Å². The van der Waals surface area contributed by atoms with Crippen molar-refractivity contribution in [2.24, 2.45) is 0 Å². The van der Waals surface area contributed by atoms with Gasteiger partial charge in [0.15, 0.2) is 17.2 Å². The molecule has 0 amide bonds. The zero-order chi connectivity index (χ0) is 12.1. The standard InChI is InChI=1S/C14H13N3O/c1-9-4-7-12(18-9)14-16-11-3-2-8-15-13(11)17(14)10-5-6-10/h2-4,7-8,10H,5-6H2,1H3. The van der Waals surface area contributed by atoms with E-state index in [1.807, 2.05) is 37.4 Å². The highest BCUT2D eigenvalue weighted by molar-refractivity contribution is 5.76. The summed E-state index contributed by atoms with van der Waals surface area (Å²) in [6.07, 6.45) is 4.23. The van der Waals surface area contributed by atoms with E-state index in [1.54, 1.807) is 0 Å². The largest absolute Gasteiger partial charge is 0.458 e. The topological polar surface area (TPSA) is 43.9 Å². The van der Waals surface area contributed by atoms with Crippen LogP contribution in [0.4, 0.5) is 0 Å². The molecule has 18 heavy (non-hydrogen) atoms. The highest BCUT2D eigenvalue weighted by Crippen LogP contribution is 2.40. The number of rotatable bonds is 2. The maximum atomic E-state index is 5.71. The van der Waals surface area contributed by atoms with Gasteiger partial charge in [-0.2, -0.15) is 0 Å². The minimum Gasteiger partial charge on any atom is -0.458 e. The molecule has 0 aromatic carbocycles. The zero-order valence-electron chi connectivity index (χ0n) is 10.1. The Balaban J connectivity index is 2.01. The Kier molecular flexibility index (Phi) is 1.89. The molecule has 1 saturated carbocycles. The Morgan fingerprint density at radius 2 is 2.17 bits per heavy atom. The number of hydrogen-bond donors (Lipinski definition) is 0. The number of imidazole rings is 1. The molecule has 0 atom stereocenters. The van der Waals surface area contributed by atoms with Crippen LogP contribution in [-0.2, 0) is 0 Å². The van der Waals surface area contributed by atoms with Crippen LogP contribution < -0.4 is 0 Å². The molecule has 4 nitrogen and oxygen atoms in total. The Bertz CT molecular complexity index is 722. The molecule has 90 valence electrons. The summed E-state index contributed by atoms with van der Waals surface area (Å²) in [4.78, 5) is 9.12. The smallest absolute Gasteiger partial charge is 0.178 e. The number of hydrogen-bond acceptors (Lipinski definition) is 3. The Morgan fingerprint density at radius 3 is 2.89 bits per heavy atom. The normalized spacial score (nSPS) is 15.4. The van der Waals surface area contributed by atoms with Crippen LogP contribution in [0.5, 0.6) is 0 Å². The van der Waals surface area contributed by atoms with Crippen molar-refractivity contribution in [3.05, 3.63) is 36.2 Å². The zero-order valence-corrected chi connectivity index (χ0v) is 10.1. The quantitative estimate of drug-likeness (QED) is 0.689. The number of nitrogens with zero attached hydrogens (tertiary/aromatic N) is 3. The highest BCUT2D eigenvalue weighted by atomic mass is 16.3. The molecule has 3 heterocycles. The average molecular weight is 239 g/mol. The van der Waals surface area contributed by atoms with Crippen molar-refractivity contribution < 1.29 is 4.42 Å². The SMILES string of the molecule is Cc1ccc(-c2nc3cccnc3n2C2CC2)o1. The second-order valence-electron chi connectivity index (χ2n) is 4.79. The van der Waals surface area contributed by atoms with Gasteiger partial charge >= 0.3 is 0 Å². The van der Waals surface area contributed by atoms with Crippen molar-refractivity contribution in [2.75, 3.05) is 0 Å². The van der Waals surface area contributed by atoms with Crippen molar-refractivity contribution in [2.45, 2.75) is 25.8 Å². The van der Waals surface area contributed by atoms with Crippen LogP contribution in [0, 0.1) is 6.92 Å². The van der Waals surface area contributed by atoms with Crippen molar-refractivity contribution in [3.63, 3.8) is 0 Å². The lowest BCUT2D eigenvalue weighted by atomic mass is 10.4. The van der Waals surface area contributed by atoms with Gasteiger partial charge in [0.05, 0.1) is 0 Å². The predicted molar refractivity (Wildman–Crippen MR) is 68.2 cm³/mol. The molecule has 0 radical (unpaired) electrons. The molecule has 3 aromatic rings. The van der Waals surface area contributed by atoms with Crippen molar-refractivity contribution in [1.82, 2.24) is 14.5 Å². The van der Waals surface area contributed by atoms with Gasteiger partial charge in [-0.3, -0.25) is 0 Å². The van der Waals surface area contributed by atoms with Gasteiger partial charge in [-0.1, -0.05) is 0 Å². The summed E-state index contributed by atoms with van der Waals surface area (Å²) in [5, 5.41) is 0. The van der Waals surface area contributed by atoms with Crippen LogP contribution in [0.25, 0.3) is 22.7 Å². The van der Waals surface area contributed by atoms with E-state index in [-0.39, 0.29) is 0 Å².